The maximum Gasteiger partial charge on any atom is 0.236 e. The van der Waals surface area contributed by atoms with E-state index in [-0.39, 0.29) is 11.9 Å². The fraction of sp³-hybridized carbons (Fsp3) is 0.909. The van der Waals surface area contributed by atoms with Crippen molar-refractivity contribution in [3.05, 3.63) is 0 Å². The second-order valence-corrected chi connectivity index (χ2v) is 6.86. The van der Waals surface area contributed by atoms with Crippen LogP contribution in [-0.4, -0.2) is 57.2 Å². The molecule has 1 aliphatic heterocycles. The zero-order valence-electron chi connectivity index (χ0n) is 11.3. The summed E-state index contributed by atoms with van der Waals surface area (Å²) >= 11 is 0. The minimum Gasteiger partial charge on any atom is -0.341 e. The number of sulfonamides is 1. The average Bonchev–Trinajstić information content (AvgIpc) is 2.24. The number of hydrogen-bond acceptors (Lipinski definition) is 4. The first-order chi connectivity index (χ1) is 8.28. The first-order valence-electron chi connectivity index (χ1n) is 6.26. The molecule has 6 nitrogen and oxygen atoms in total. The fourth-order valence-corrected chi connectivity index (χ4v) is 2.79. The number of amides is 1. The Balaban J connectivity index is 2.33. The van der Waals surface area contributed by atoms with E-state index >= 15 is 0 Å². The first-order valence-corrected chi connectivity index (χ1v) is 8.15. The van der Waals surface area contributed by atoms with Gasteiger partial charge < -0.3 is 10.2 Å². The van der Waals surface area contributed by atoms with Crippen molar-refractivity contribution in [2.75, 3.05) is 25.9 Å². The van der Waals surface area contributed by atoms with Gasteiger partial charge in [0.1, 0.15) is 0 Å². The van der Waals surface area contributed by atoms with E-state index in [4.69, 9.17) is 0 Å². The van der Waals surface area contributed by atoms with Crippen molar-refractivity contribution in [3.8, 4) is 0 Å². The van der Waals surface area contributed by atoms with Gasteiger partial charge in [0.25, 0.3) is 0 Å². The van der Waals surface area contributed by atoms with Gasteiger partial charge in [0, 0.05) is 25.2 Å². The van der Waals surface area contributed by atoms with Crippen LogP contribution >= 0.6 is 0 Å². The fourth-order valence-electron chi connectivity index (χ4n) is 1.95. The van der Waals surface area contributed by atoms with Crippen molar-refractivity contribution < 1.29 is 13.2 Å². The molecule has 0 aromatic carbocycles. The molecule has 1 rings (SSSR count). The van der Waals surface area contributed by atoms with E-state index < -0.39 is 10.0 Å². The van der Waals surface area contributed by atoms with E-state index in [9.17, 15) is 13.2 Å². The highest BCUT2D eigenvalue weighted by Crippen LogP contribution is 2.11. The maximum absolute atomic E-state index is 11.8. The molecule has 1 heterocycles. The van der Waals surface area contributed by atoms with Crippen molar-refractivity contribution in [1.29, 1.82) is 0 Å². The third-order valence-electron chi connectivity index (χ3n) is 2.89. The Bertz CT molecular complexity index is 373. The number of nitrogens with zero attached hydrogens (tertiary/aromatic N) is 1. The molecule has 0 saturated carbocycles. The zero-order valence-corrected chi connectivity index (χ0v) is 12.1. The van der Waals surface area contributed by atoms with Crippen LogP contribution < -0.4 is 10.0 Å². The molecule has 0 aromatic rings. The van der Waals surface area contributed by atoms with Gasteiger partial charge >= 0.3 is 0 Å². The van der Waals surface area contributed by atoms with Crippen LogP contribution in [0.25, 0.3) is 0 Å². The summed E-state index contributed by atoms with van der Waals surface area (Å²) in [6.45, 7) is 5.57. The number of nitrogens with one attached hydrogen (secondary N) is 2. The molecule has 0 aromatic heterocycles. The molecule has 0 spiro atoms. The molecule has 0 atom stereocenters. The first kappa shape index (κ1) is 15.4. The predicted molar refractivity (Wildman–Crippen MR) is 70.7 cm³/mol. The molecule has 18 heavy (non-hydrogen) atoms. The molecule has 1 aliphatic rings. The van der Waals surface area contributed by atoms with Gasteiger partial charge in [-0.2, -0.15) is 0 Å². The molecule has 0 radical (unpaired) electrons. The second kappa shape index (κ2) is 6.49. The SMILES string of the molecule is CC(C)NCC(=O)N1CCC(NS(C)(=O)=O)CC1. The van der Waals surface area contributed by atoms with Crippen LogP contribution in [-0.2, 0) is 14.8 Å². The monoisotopic (exact) mass is 277 g/mol. The van der Waals surface area contributed by atoms with Gasteiger partial charge in [-0.15, -0.1) is 0 Å². The standard InChI is InChI=1S/C11H23N3O3S/c1-9(2)12-8-11(15)14-6-4-10(5-7-14)13-18(3,16)17/h9-10,12-13H,4-8H2,1-3H3. The normalized spacial score (nSPS) is 18.3. The van der Waals surface area contributed by atoms with Crippen LogP contribution in [0.2, 0.25) is 0 Å². The Kier molecular flexibility index (Phi) is 5.55. The number of carbonyl (C=O) groups is 1. The summed E-state index contributed by atoms with van der Waals surface area (Å²) in [6.07, 6.45) is 2.53. The topological polar surface area (TPSA) is 78.5 Å². The lowest BCUT2D eigenvalue weighted by atomic mass is 10.1. The minimum absolute atomic E-state index is 0.0397. The molecular formula is C11H23N3O3S. The molecule has 1 amide bonds. The van der Waals surface area contributed by atoms with Gasteiger partial charge in [0.2, 0.25) is 15.9 Å². The molecule has 2 N–H and O–H groups in total. The maximum atomic E-state index is 11.8. The summed E-state index contributed by atoms with van der Waals surface area (Å²) in [5.74, 6) is 0.0847. The van der Waals surface area contributed by atoms with Crippen LogP contribution in [0.3, 0.4) is 0 Å². The number of rotatable bonds is 5. The highest BCUT2D eigenvalue weighted by atomic mass is 32.2. The van der Waals surface area contributed by atoms with E-state index in [1.165, 1.54) is 0 Å². The van der Waals surface area contributed by atoms with E-state index in [2.05, 4.69) is 10.0 Å². The smallest absolute Gasteiger partial charge is 0.236 e. The third-order valence-corrected chi connectivity index (χ3v) is 3.65. The summed E-state index contributed by atoms with van der Waals surface area (Å²) in [5, 5.41) is 3.09. The highest BCUT2D eigenvalue weighted by molar-refractivity contribution is 7.88. The van der Waals surface area contributed by atoms with Crippen molar-refractivity contribution in [1.82, 2.24) is 14.9 Å². The lowest BCUT2D eigenvalue weighted by molar-refractivity contribution is -0.131. The Morgan fingerprint density at radius 2 is 1.89 bits per heavy atom. The van der Waals surface area contributed by atoms with E-state index in [0.29, 0.717) is 38.5 Å². The molecule has 1 fully saturated rings. The van der Waals surface area contributed by atoms with Crippen molar-refractivity contribution in [2.45, 2.75) is 38.8 Å². The molecular weight excluding hydrogens is 254 g/mol. The number of hydrogen-bond donors (Lipinski definition) is 2. The van der Waals surface area contributed by atoms with Gasteiger partial charge in [0.15, 0.2) is 0 Å². The predicted octanol–water partition coefficient (Wildman–Crippen LogP) is -0.475. The van der Waals surface area contributed by atoms with Crippen molar-refractivity contribution >= 4 is 15.9 Å². The molecule has 0 aliphatic carbocycles. The molecule has 0 unspecified atom stereocenters. The second-order valence-electron chi connectivity index (χ2n) is 5.08. The van der Waals surface area contributed by atoms with Crippen LogP contribution in [0.4, 0.5) is 0 Å². The van der Waals surface area contributed by atoms with Crippen molar-refractivity contribution in [3.63, 3.8) is 0 Å². The van der Waals surface area contributed by atoms with Crippen LogP contribution in [0, 0.1) is 0 Å². The lowest BCUT2D eigenvalue weighted by Crippen LogP contribution is -2.48. The Morgan fingerprint density at radius 3 is 2.33 bits per heavy atom. The van der Waals surface area contributed by atoms with Crippen LogP contribution in [0.5, 0.6) is 0 Å². The average molecular weight is 277 g/mol. The quantitative estimate of drug-likeness (QED) is 0.712. The van der Waals surface area contributed by atoms with Gasteiger partial charge in [-0.1, -0.05) is 13.8 Å². The minimum atomic E-state index is -3.15. The summed E-state index contributed by atoms with van der Waals surface area (Å²) in [7, 11) is -3.15. The van der Waals surface area contributed by atoms with Gasteiger partial charge in [-0.3, -0.25) is 4.79 Å². The summed E-state index contributed by atoms with van der Waals surface area (Å²) in [5.41, 5.74) is 0. The Morgan fingerprint density at radius 1 is 1.33 bits per heavy atom. The van der Waals surface area contributed by atoms with Gasteiger partial charge in [-0.25, -0.2) is 13.1 Å². The van der Waals surface area contributed by atoms with Gasteiger partial charge in [-0.05, 0) is 12.8 Å². The molecule has 106 valence electrons. The van der Waals surface area contributed by atoms with E-state index in [0.717, 1.165) is 6.26 Å². The van der Waals surface area contributed by atoms with Crippen LogP contribution in [0.15, 0.2) is 0 Å². The highest BCUT2D eigenvalue weighted by Gasteiger charge is 2.24. The van der Waals surface area contributed by atoms with E-state index in [1.807, 2.05) is 13.8 Å². The molecule has 7 heteroatoms. The largest absolute Gasteiger partial charge is 0.341 e. The number of carbonyl (C=O) groups excluding carboxylic acids is 1. The Labute approximate surface area is 109 Å². The van der Waals surface area contributed by atoms with Crippen LogP contribution in [0.1, 0.15) is 26.7 Å². The molecule has 0 bridgehead atoms. The lowest BCUT2D eigenvalue weighted by Gasteiger charge is -2.32. The number of likely N-dealkylation sites (tertiary alicyclic amines) is 1. The van der Waals surface area contributed by atoms with Crippen molar-refractivity contribution in [2.24, 2.45) is 0 Å². The summed E-state index contributed by atoms with van der Waals surface area (Å²) < 4.78 is 24.8. The molecule has 1 saturated heterocycles. The summed E-state index contributed by atoms with van der Waals surface area (Å²) in [4.78, 5) is 13.6. The zero-order chi connectivity index (χ0) is 13.8. The third kappa shape index (κ3) is 5.79. The van der Waals surface area contributed by atoms with Gasteiger partial charge in [0.05, 0.1) is 12.8 Å². The Hall–Kier alpha value is -0.660. The summed E-state index contributed by atoms with van der Waals surface area (Å²) in [6, 6.07) is 0.250. The van der Waals surface area contributed by atoms with E-state index in [1.54, 1.807) is 4.90 Å². The number of piperidine rings is 1.